The molecule has 0 aliphatic rings. The third-order valence-corrected chi connectivity index (χ3v) is 4.12. The Morgan fingerprint density at radius 1 is 1.24 bits per heavy atom. The lowest BCUT2D eigenvalue weighted by atomic mass is 10.0. The first kappa shape index (κ1) is 16.1. The zero-order valence-electron chi connectivity index (χ0n) is 12.8. The zero-order chi connectivity index (χ0) is 15.2. The average Bonchev–Trinajstić information content (AvgIpc) is 2.97. The Morgan fingerprint density at radius 3 is 2.62 bits per heavy atom. The first-order valence-electron chi connectivity index (χ1n) is 7.35. The molecule has 1 N–H and O–H groups in total. The van der Waals surface area contributed by atoms with E-state index in [1.165, 1.54) is 0 Å². The molecule has 114 valence electrons. The van der Waals surface area contributed by atoms with Gasteiger partial charge in [-0.15, -0.1) is 0 Å². The number of rotatable bonds is 7. The minimum atomic E-state index is 0.0468. The number of aryl methyl sites for hydroxylation is 1. The largest absolute Gasteiger partial charge is 0.497 e. The van der Waals surface area contributed by atoms with Crippen molar-refractivity contribution in [1.82, 2.24) is 5.32 Å². The molecule has 0 bridgehead atoms. The Labute approximate surface area is 134 Å². The second-order valence-electron chi connectivity index (χ2n) is 4.93. The van der Waals surface area contributed by atoms with Gasteiger partial charge in [0.1, 0.15) is 17.3 Å². The number of methoxy groups -OCH3 is 1. The number of hydrogen-bond acceptors (Lipinski definition) is 3. The third kappa shape index (κ3) is 3.89. The van der Waals surface area contributed by atoms with Crippen LogP contribution in [0, 0.1) is 0 Å². The van der Waals surface area contributed by atoms with Crippen LogP contribution in [-0.4, -0.2) is 13.7 Å². The summed E-state index contributed by atoms with van der Waals surface area (Å²) in [7, 11) is 1.67. The highest BCUT2D eigenvalue weighted by Crippen LogP contribution is 2.32. The number of nitrogens with one attached hydrogen (secondary N) is 1. The van der Waals surface area contributed by atoms with Crippen molar-refractivity contribution in [3.05, 3.63) is 51.9 Å². The SMILES string of the molecule is CCCNC(c1ccc(CC)o1)c1ccc(OC)cc1Br. The molecule has 4 heteroatoms. The van der Waals surface area contributed by atoms with Crippen LogP contribution in [0.3, 0.4) is 0 Å². The normalized spacial score (nSPS) is 12.4. The van der Waals surface area contributed by atoms with Gasteiger partial charge < -0.3 is 14.5 Å². The molecule has 2 rings (SSSR count). The Kier molecular flexibility index (Phi) is 5.88. The average molecular weight is 352 g/mol. The Hall–Kier alpha value is -1.26. The summed E-state index contributed by atoms with van der Waals surface area (Å²) in [6.45, 7) is 5.19. The minimum absolute atomic E-state index is 0.0468. The molecule has 0 aliphatic heterocycles. The molecule has 2 aromatic rings. The Bertz CT molecular complexity index is 580. The first-order valence-corrected chi connectivity index (χ1v) is 8.14. The van der Waals surface area contributed by atoms with Crippen LogP contribution in [0.25, 0.3) is 0 Å². The Morgan fingerprint density at radius 2 is 2.05 bits per heavy atom. The number of furan rings is 1. The van der Waals surface area contributed by atoms with Gasteiger partial charge in [-0.25, -0.2) is 0 Å². The molecular formula is C17H22BrNO2. The quantitative estimate of drug-likeness (QED) is 0.784. The first-order chi connectivity index (χ1) is 10.2. The molecule has 0 amide bonds. The van der Waals surface area contributed by atoms with E-state index < -0.39 is 0 Å². The smallest absolute Gasteiger partial charge is 0.125 e. The molecule has 0 fully saturated rings. The van der Waals surface area contributed by atoms with Gasteiger partial charge in [0.2, 0.25) is 0 Å². The second kappa shape index (κ2) is 7.66. The summed E-state index contributed by atoms with van der Waals surface area (Å²) in [5, 5.41) is 3.55. The van der Waals surface area contributed by atoms with Gasteiger partial charge >= 0.3 is 0 Å². The van der Waals surface area contributed by atoms with E-state index in [-0.39, 0.29) is 6.04 Å². The fraction of sp³-hybridized carbons (Fsp3) is 0.412. The van der Waals surface area contributed by atoms with Crippen LogP contribution in [0.4, 0.5) is 0 Å². The van der Waals surface area contributed by atoms with E-state index in [9.17, 15) is 0 Å². The highest BCUT2D eigenvalue weighted by atomic mass is 79.9. The molecule has 0 radical (unpaired) electrons. The number of benzene rings is 1. The van der Waals surface area contributed by atoms with E-state index in [4.69, 9.17) is 9.15 Å². The molecule has 3 nitrogen and oxygen atoms in total. The molecule has 1 heterocycles. The molecule has 0 saturated heterocycles. The van der Waals surface area contributed by atoms with Crippen molar-refractivity contribution in [2.75, 3.05) is 13.7 Å². The van der Waals surface area contributed by atoms with Crippen molar-refractivity contribution in [3.8, 4) is 5.75 Å². The lowest BCUT2D eigenvalue weighted by molar-refractivity contribution is 0.411. The number of ether oxygens (including phenoxy) is 1. The molecule has 1 aromatic carbocycles. The van der Waals surface area contributed by atoms with Gasteiger partial charge in [0.15, 0.2) is 0 Å². The maximum absolute atomic E-state index is 5.94. The van der Waals surface area contributed by atoms with Crippen LogP contribution in [0.15, 0.2) is 39.2 Å². The van der Waals surface area contributed by atoms with E-state index in [2.05, 4.69) is 47.2 Å². The molecular weight excluding hydrogens is 330 g/mol. The summed E-state index contributed by atoms with van der Waals surface area (Å²) in [4.78, 5) is 0. The molecule has 0 saturated carbocycles. The molecule has 1 unspecified atom stereocenters. The number of hydrogen-bond donors (Lipinski definition) is 1. The molecule has 0 spiro atoms. The van der Waals surface area contributed by atoms with Crippen molar-refractivity contribution in [1.29, 1.82) is 0 Å². The zero-order valence-corrected chi connectivity index (χ0v) is 14.4. The molecule has 0 aliphatic carbocycles. The fourth-order valence-corrected chi connectivity index (χ4v) is 2.85. The Balaban J connectivity index is 2.35. The van der Waals surface area contributed by atoms with E-state index >= 15 is 0 Å². The monoisotopic (exact) mass is 351 g/mol. The van der Waals surface area contributed by atoms with E-state index in [1.807, 2.05) is 18.2 Å². The van der Waals surface area contributed by atoms with Gasteiger partial charge in [-0.3, -0.25) is 0 Å². The van der Waals surface area contributed by atoms with Gasteiger partial charge in [-0.05, 0) is 42.8 Å². The van der Waals surface area contributed by atoms with Crippen LogP contribution in [0.5, 0.6) is 5.75 Å². The van der Waals surface area contributed by atoms with Crippen molar-refractivity contribution in [2.24, 2.45) is 0 Å². The van der Waals surface area contributed by atoms with Crippen LogP contribution in [-0.2, 0) is 6.42 Å². The van der Waals surface area contributed by atoms with Crippen LogP contribution < -0.4 is 10.1 Å². The summed E-state index contributed by atoms with van der Waals surface area (Å²) < 4.78 is 12.2. The predicted molar refractivity (Wildman–Crippen MR) is 88.9 cm³/mol. The molecule has 21 heavy (non-hydrogen) atoms. The van der Waals surface area contributed by atoms with Gasteiger partial charge in [-0.1, -0.05) is 35.8 Å². The summed E-state index contributed by atoms with van der Waals surface area (Å²) in [5.41, 5.74) is 1.15. The van der Waals surface area contributed by atoms with Gasteiger partial charge in [0, 0.05) is 10.9 Å². The summed E-state index contributed by atoms with van der Waals surface area (Å²) in [6, 6.07) is 10.2. The maximum Gasteiger partial charge on any atom is 0.125 e. The lowest BCUT2D eigenvalue weighted by Crippen LogP contribution is -2.23. The van der Waals surface area contributed by atoms with E-state index in [0.717, 1.165) is 46.7 Å². The highest BCUT2D eigenvalue weighted by molar-refractivity contribution is 9.10. The van der Waals surface area contributed by atoms with E-state index in [0.29, 0.717) is 0 Å². The maximum atomic E-state index is 5.94. The van der Waals surface area contributed by atoms with Gasteiger partial charge in [0.25, 0.3) is 0 Å². The molecule has 1 aromatic heterocycles. The summed E-state index contributed by atoms with van der Waals surface area (Å²) in [6.07, 6.45) is 1.98. The predicted octanol–water partition coefficient (Wildman–Crippen LogP) is 4.70. The number of halogens is 1. The lowest BCUT2D eigenvalue weighted by Gasteiger charge is -2.19. The third-order valence-electron chi connectivity index (χ3n) is 3.43. The van der Waals surface area contributed by atoms with Crippen LogP contribution >= 0.6 is 15.9 Å². The summed E-state index contributed by atoms with van der Waals surface area (Å²) in [5.74, 6) is 2.80. The van der Waals surface area contributed by atoms with Crippen molar-refractivity contribution in [2.45, 2.75) is 32.7 Å². The van der Waals surface area contributed by atoms with E-state index in [1.54, 1.807) is 7.11 Å². The van der Waals surface area contributed by atoms with Crippen LogP contribution in [0.1, 0.15) is 43.4 Å². The van der Waals surface area contributed by atoms with Crippen molar-refractivity contribution in [3.63, 3.8) is 0 Å². The highest BCUT2D eigenvalue weighted by Gasteiger charge is 2.20. The fourth-order valence-electron chi connectivity index (χ4n) is 2.26. The summed E-state index contributed by atoms with van der Waals surface area (Å²) >= 11 is 3.64. The minimum Gasteiger partial charge on any atom is -0.497 e. The van der Waals surface area contributed by atoms with Crippen molar-refractivity contribution >= 4 is 15.9 Å². The van der Waals surface area contributed by atoms with Crippen molar-refractivity contribution < 1.29 is 9.15 Å². The van der Waals surface area contributed by atoms with Gasteiger partial charge in [0.05, 0.1) is 13.2 Å². The standard InChI is InChI=1S/C17H22BrNO2/c1-4-10-19-17(16-9-7-12(5-2)21-16)14-8-6-13(20-3)11-15(14)18/h6-9,11,17,19H,4-5,10H2,1-3H3. The molecule has 1 atom stereocenters. The topological polar surface area (TPSA) is 34.4 Å². The van der Waals surface area contributed by atoms with Gasteiger partial charge in [-0.2, -0.15) is 0 Å². The second-order valence-corrected chi connectivity index (χ2v) is 5.79. The van der Waals surface area contributed by atoms with Crippen LogP contribution in [0.2, 0.25) is 0 Å².